The molecular formula is C38H40Cl2N3O6+. The average molecular weight is 706 g/mol. The molecule has 4 aliphatic heterocycles. The fourth-order valence-corrected chi connectivity index (χ4v) is 8.25. The lowest BCUT2D eigenvalue weighted by molar-refractivity contribution is -0.580. The molecule has 4 fully saturated rings. The Kier molecular flexibility index (Phi) is 9.37. The van der Waals surface area contributed by atoms with Gasteiger partial charge in [0, 0.05) is 36.9 Å². The molecule has 3 aromatic carbocycles. The van der Waals surface area contributed by atoms with E-state index in [0.29, 0.717) is 51.1 Å². The van der Waals surface area contributed by atoms with Gasteiger partial charge in [0.05, 0.1) is 42.1 Å². The van der Waals surface area contributed by atoms with Crippen molar-refractivity contribution < 1.29 is 33.9 Å². The summed E-state index contributed by atoms with van der Waals surface area (Å²) >= 11 is 13.1. The third-order valence-electron chi connectivity index (χ3n) is 10.3. The van der Waals surface area contributed by atoms with E-state index >= 15 is 0 Å². The zero-order chi connectivity index (χ0) is 34.3. The smallest absolute Gasteiger partial charge is 0.415 e. The number of allylic oxidation sites excluding steroid dienone is 1. The molecule has 0 aromatic heterocycles. The van der Waals surface area contributed by atoms with Crippen LogP contribution < -0.4 is 19.7 Å². The van der Waals surface area contributed by atoms with E-state index in [2.05, 4.69) is 4.90 Å². The van der Waals surface area contributed by atoms with Crippen LogP contribution in [-0.4, -0.2) is 63.0 Å². The van der Waals surface area contributed by atoms with E-state index in [1.54, 1.807) is 43.4 Å². The van der Waals surface area contributed by atoms with Crippen LogP contribution in [-0.2, 0) is 16.0 Å². The standard InChI is InChI=1S/C38H39Cl2N3O6/c1-23-6-4-5-7-32(23)43(37(45)49-38-22-42-15-14-28(38)29(38)21-42)20-24-8-10-25(11-9-24)36(44)48-34(17-27-30(39)18-41-19-31(27)40)26-12-13-33(46-2)35(16-26)47-3/h4-13,16,18,28-29,34,41H,14-15,17,19-22H2,1-3H3/p+1/t28?,29?,34-,38+/m0/s1. The monoisotopic (exact) mass is 704 g/mol. The molecule has 1 saturated carbocycles. The minimum Gasteiger partial charge on any atom is -0.493 e. The number of fused-ring (bicyclic) bond motifs is 1. The molecule has 8 rings (SSSR count). The summed E-state index contributed by atoms with van der Waals surface area (Å²) in [6.07, 6.45) is 2.11. The number of esters is 1. The Balaban J connectivity index is 1.10. The number of methoxy groups -OCH3 is 2. The third kappa shape index (κ3) is 6.53. The first kappa shape index (κ1) is 33.5. The Labute approximate surface area is 296 Å². The number of benzene rings is 3. The van der Waals surface area contributed by atoms with E-state index in [4.69, 9.17) is 42.1 Å². The van der Waals surface area contributed by atoms with Crippen LogP contribution in [0.2, 0.25) is 0 Å². The molecule has 3 saturated heterocycles. The molecule has 5 aliphatic rings. The first-order valence-electron chi connectivity index (χ1n) is 16.6. The lowest BCUT2D eigenvalue weighted by atomic mass is 9.99. The van der Waals surface area contributed by atoms with Crippen molar-refractivity contribution >= 4 is 41.0 Å². The van der Waals surface area contributed by atoms with Crippen LogP contribution >= 0.6 is 23.2 Å². The van der Waals surface area contributed by atoms with Crippen molar-refractivity contribution in [2.24, 2.45) is 11.8 Å². The molecule has 0 radical (unpaired) electrons. The second-order valence-corrected chi connectivity index (χ2v) is 14.0. The van der Waals surface area contributed by atoms with Gasteiger partial charge >= 0.3 is 12.1 Å². The molecule has 5 atom stereocenters. The highest BCUT2D eigenvalue weighted by atomic mass is 35.5. The molecular weight excluding hydrogens is 665 g/mol. The molecule has 2 N–H and O–H groups in total. The van der Waals surface area contributed by atoms with Gasteiger partial charge in [-0.05, 0) is 66.9 Å². The van der Waals surface area contributed by atoms with E-state index in [9.17, 15) is 9.59 Å². The molecule has 49 heavy (non-hydrogen) atoms. The van der Waals surface area contributed by atoms with E-state index in [1.165, 1.54) is 0 Å². The maximum Gasteiger partial charge on any atom is 0.415 e. The van der Waals surface area contributed by atoms with E-state index in [-0.39, 0.29) is 24.7 Å². The van der Waals surface area contributed by atoms with Crippen LogP contribution in [0, 0.1) is 18.8 Å². The third-order valence-corrected chi connectivity index (χ3v) is 11.1. The quantitative estimate of drug-likeness (QED) is 0.234. The molecule has 9 nitrogen and oxygen atoms in total. The first-order valence-corrected chi connectivity index (χ1v) is 17.3. The van der Waals surface area contributed by atoms with Crippen molar-refractivity contribution in [2.45, 2.75) is 38.0 Å². The predicted molar refractivity (Wildman–Crippen MR) is 187 cm³/mol. The Morgan fingerprint density at radius 1 is 1.02 bits per heavy atom. The summed E-state index contributed by atoms with van der Waals surface area (Å²) in [4.78, 5) is 31.6. The van der Waals surface area contributed by atoms with Gasteiger partial charge in [0.1, 0.15) is 24.4 Å². The fraction of sp³-hybridized carbons (Fsp3) is 0.368. The van der Waals surface area contributed by atoms with Gasteiger partial charge in [0.2, 0.25) is 0 Å². The molecule has 1 aliphatic carbocycles. The normalized spacial score (nSPS) is 24.1. The molecule has 4 bridgehead atoms. The van der Waals surface area contributed by atoms with Gasteiger partial charge in [-0.15, -0.1) is 0 Å². The Hall–Kier alpha value is -4.02. The highest BCUT2D eigenvalue weighted by molar-refractivity contribution is 6.35. The van der Waals surface area contributed by atoms with Crippen molar-refractivity contribution in [3.8, 4) is 11.5 Å². The molecule has 11 heteroatoms. The van der Waals surface area contributed by atoms with Crippen LogP contribution in [0.3, 0.4) is 0 Å². The van der Waals surface area contributed by atoms with Gasteiger partial charge in [-0.2, -0.15) is 0 Å². The van der Waals surface area contributed by atoms with E-state index in [1.807, 2.05) is 60.9 Å². The van der Waals surface area contributed by atoms with Crippen LogP contribution in [0.15, 0.2) is 88.6 Å². The predicted octanol–water partition coefficient (Wildman–Crippen LogP) is 6.30. The Morgan fingerprint density at radius 3 is 2.45 bits per heavy atom. The van der Waals surface area contributed by atoms with Gasteiger partial charge < -0.3 is 24.3 Å². The van der Waals surface area contributed by atoms with Gasteiger partial charge in [-0.25, -0.2) is 9.59 Å². The highest BCUT2D eigenvalue weighted by Gasteiger charge is 2.74. The highest BCUT2D eigenvalue weighted by Crippen LogP contribution is 2.63. The van der Waals surface area contributed by atoms with Crippen LogP contribution in [0.4, 0.5) is 10.5 Å². The summed E-state index contributed by atoms with van der Waals surface area (Å²) in [5.41, 5.74) is 4.06. The van der Waals surface area contributed by atoms with Gasteiger partial charge in [-0.1, -0.05) is 59.6 Å². The molecule has 3 unspecified atom stereocenters. The maximum absolute atomic E-state index is 13.9. The molecule has 3 aromatic rings. The topological polar surface area (TPSA) is 94.2 Å². The largest absolute Gasteiger partial charge is 0.493 e. The molecule has 4 heterocycles. The molecule has 1 amide bonds. The number of rotatable bonds is 11. The lowest BCUT2D eigenvalue weighted by Gasteiger charge is -2.31. The minimum absolute atomic E-state index is 0.274. The summed E-state index contributed by atoms with van der Waals surface area (Å²) in [6, 6.07) is 20.3. The lowest BCUT2D eigenvalue weighted by Crippen LogP contribution is -2.79. The number of halogens is 2. The molecule has 0 spiro atoms. The number of ether oxygens (including phenoxy) is 4. The number of carbonyl (C=O) groups excluding carboxylic acids is 2. The fourth-order valence-electron chi connectivity index (χ4n) is 7.66. The maximum atomic E-state index is 13.9. The number of hydrogen-bond acceptors (Lipinski definition) is 7. The summed E-state index contributed by atoms with van der Waals surface area (Å²) in [6.45, 7) is 5.75. The average Bonchev–Trinajstić information content (AvgIpc) is 3.60. The number of nitrogens with zero attached hydrogens (tertiary/aromatic N) is 2. The van der Waals surface area contributed by atoms with Crippen molar-refractivity contribution in [3.05, 3.63) is 111 Å². The van der Waals surface area contributed by atoms with E-state index < -0.39 is 12.1 Å². The minimum atomic E-state index is -0.713. The number of aryl methyl sites for hydroxylation is 1. The number of hydrogen-bond donors (Lipinski definition) is 1. The summed E-state index contributed by atoms with van der Waals surface area (Å²) in [5, 5.41) is 3.00. The van der Waals surface area contributed by atoms with Crippen molar-refractivity contribution in [2.75, 3.05) is 45.3 Å². The number of para-hydroxylation sites is 1. The number of piperidine rings is 3. The van der Waals surface area contributed by atoms with Gasteiger partial charge in [-0.3, -0.25) is 9.80 Å². The first-order chi connectivity index (χ1) is 23.7. The number of anilines is 1. The number of nitrogens with two attached hydrogens (primary N) is 1. The van der Waals surface area contributed by atoms with E-state index in [0.717, 1.165) is 48.4 Å². The van der Waals surface area contributed by atoms with Crippen LogP contribution in [0.25, 0.3) is 0 Å². The number of amides is 1. The SMILES string of the molecule is COc1ccc([C@H](CC2=C(Cl)C[NH2+]C=C2Cl)OC(=O)c2ccc(CN(C(=O)O[C@]34CN5CCC3C4C5)c3ccccc3C)cc2)cc1OC. The number of quaternary nitrogens is 1. The zero-order valence-electron chi connectivity index (χ0n) is 27.8. The summed E-state index contributed by atoms with van der Waals surface area (Å²) in [7, 11) is 3.12. The number of carbonyl (C=O) groups is 2. The second kappa shape index (κ2) is 13.7. The van der Waals surface area contributed by atoms with Crippen LogP contribution in [0.5, 0.6) is 11.5 Å². The van der Waals surface area contributed by atoms with Crippen LogP contribution in [0.1, 0.15) is 46.0 Å². The zero-order valence-corrected chi connectivity index (χ0v) is 29.3. The summed E-state index contributed by atoms with van der Waals surface area (Å²) < 4.78 is 23.4. The van der Waals surface area contributed by atoms with Gasteiger partial charge in [0.15, 0.2) is 11.5 Å². The summed E-state index contributed by atoms with van der Waals surface area (Å²) in [5.74, 6) is 1.46. The van der Waals surface area contributed by atoms with Gasteiger partial charge in [0.25, 0.3) is 0 Å². The Bertz CT molecular complexity index is 1820. The van der Waals surface area contributed by atoms with Crippen molar-refractivity contribution in [1.29, 1.82) is 0 Å². The van der Waals surface area contributed by atoms with Crippen molar-refractivity contribution in [3.63, 3.8) is 0 Å². The second-order valence-electron chi connectivity index (χ2n) is 13.2. The Morgan fingerprint density at radius 2 is 1.80 bits per heavy atom. The molecule has 256 valence electrons. The van der Waals surface area contributed by atoms with Crippen molar-refractivity contribution in [1.82, 2.24) is 4.90 Å².